The van der Waals surface area contributed by atoms with Crippen LogP contribution in [0.4, 0.5) is 17.1 Å². The van der Waals surface area contributed by atoms with Gasteiger partial charge in [0.05, 0.1) is 29.7 Å². The lowest BCUT2D eigenvalue weighted by molar-refractivity contribution is -0.117. The van der Waals surface area contributed by atoms with Gasteiger partial charge in [0.15, 0.2) is 0 Å². The zero-order valence-electron chi connectivity index (χ0n) is 20.5. The van der Waals surface area contributed by atoms with E-state index in [2.05, 4.69) is 9.44 Å². The van der Waals surface area contributed by atoms with Crippen LogP contribution in [0.1, 0.15) is 18.4 Å². The Morgan fingerprint density at radius 1 is 0.811 bits per heavy atom. The van der Waals surface area contributed by atoms with E-state index >= 15 is 0 Å². The third-order valence-corrected chi connectivity index (χ3v) is 8.67. The molecule has 1 fully saturated rings. The van der Waals surface area contributed by atoms with Gasteiger partial charge in [0.25, 0.3) is 20.0 Å². The van der Waals surface area contributed by atoms with E-state index in [1.54, 1.807) is 30.0 Å². The van der Waals surface area contributed by atoms with Crippen LogP contribution in [0.15, 0.2) is 70.5 Å². The van der Waals surface area contributed by atoms with Crippen molar-refractivity contribution in [1.82, 2.24) is 0 Å². The summed E-state index contributed by atoms with van der Waals surface area (Å²) in [7, 11) is -5.03. The first kappa shape index (κ1) is 26.3. The molecule has 0 spiro atoms. The summed E-state index contributed by atoms with van der Waals surface area (Å²) in [5.41, 5.74) is 1.77. The summed E-state index contributed by atoms with van der Waals surface area (Å²) in [5.74, 6) is 0.806. The molecule has 0 aliphatic carbocycles. The molecule has 2 N–H and O–H groups in total. The SMILES string of the molecule is COc1ccc(NS(=O)(=O)c2ccc(NS(=O)(=O)c3ccc(N4CCCC4=O)c(C)c3)cc2)c(OC)c1. The monoisotopic (exact) mass is 545 g/mol. The second kappa shape index (κ2) is 10.3. The van der Waals surface area contributed by atoms with Gasteiger partial charge in [-0.1, -0.05) is 0 Å². The Morgan fingerprint density at radius 2 is 1.49 bits per heavy atom. The molecule has 3 aromatic rings. The average Bonchev–Trinajstić information content (AvgIpc) is 3.29. The number of carbonyl (C=O) groups is 1. The number of nitrogens with zero attached hydrogens (tertiary/aromatic N) is 1. The number of hydrogen-bond acceptors (Lipinski definition) is 7. The van der Waals surface area contributed by atoms with Crippen LogP contribution in [0.25, 0.3) is 0 Å². The van der Waals surface area contributed by atoms with E-state index in [9.17, 15) is 21.6 Å². The number of ether oxygens (including phenoxy) is 2. The zero-order valence-corrected chi connectivity index (χ0v) is 22.1. The number of carbonyl (C=O) groups excluding carboxylic acids is 1. The molecule has 0 bridgehead atoms. The maximum absolute atomic E-state index is 13.0. The third-order valence-electron chi connectivity index (χ3n) is 5.91. The number of anilines is 3. The van der Waals surface area contributed by atoms with Gasteiger partial charge in [-0.3, -0.25) is 14.2 Å². The molecule has 196 valence electrons. The second-order valence-electron chi connectivity index (χ2n) is 8.40. The Hall–Kier alpha value is -3.77. The molecule has 0 unspecified atom stereocenters. The van der Waals surface area contributed by atoms with Crippen LogP contribution in [0, 0.1) is 6.92 Å². The van der Waals surface area contributed by atoms with Crippen molar-refractivity contribution in [3.05, 3.63) is 66.2 Å². The van der Waals surface area contributed by atoms with Crippen molar-refractivity contribution in [2.24, 2.45) is 0 Å². The number of methoxy groups -OCH3 is 2. The first-order valence-electron chi connectivity index (χ1n) is 11.3. The number of nitrogens with one attached hydrogen (secondary N) is 2. The summed E-state index contributed by atoms with van der Waals surface area (Å²) in [4.78, 5) is 13.7. The van der Waals surface area contributed by atoms with E-state index in [1.807, 2.05) is 0 Å². The molecule has 0 aromatic heterocycles. The van der Waals surface area contributed by atoms with Crippen LogP contribution in [0.2, 0.25) is 0 Å². The van der Waals surface area contributed by atoms with Gasteiger partial charge >= 0.3 is 0 Å². The maximum atomic E-state index is 13.0. The fourth-order valence-corrected chi connectivity index (χ4v) is 6.22. The highest BCUT2D eigenvalue weighted by molar-refractivity contribution is 7.93. The van der Waals surface area contributed by atoms with Gasteiger partial charge < -0.3 is 14.4 Å². The molecule has 4 rings (SSSR count). The number of rotatable bonds is 9. The molecule has 1 heterocycles. The van der Waals surface area contributed by atoms with Crippen LogP contribution in [0.5, 0.6) is 11.5 Å². The van der Waals surface area contributed by atoms with E-state index in [1.165, 1.54) is 56.7 Å². The Morgan fingerprint density at radius 3 is 2.08 bits per heavy atom. The summed E-state index contributed by atoms with van der Waals surface area (Å²) in [6.07, 6.45) is 1.25. The summed E-state index contributed by atoms with van der Waals surface area (Å²) < 4.78 is 66.9. The van der Waals surface area contributed by atoms with Crippen molar-refractivity contribution in [2.75, 3.05) is 35.1 Å². The number of benzene rings is 3. The van der Waals surface area contributed by atoms with Crippen molar-refractivity contribution in [1.29, 1.82) is 0 Å². The molecule has 1 aliphatic rings. The van der Waals surface area contributed by atoms with E-state index in [-0.39, 0.29) is 32.8 Å². The highest BCUT2D eigenvalue weighted by Crippen LogP contribution is 2.31. The van der Waals surface area contributed by atoms with Crippen LogP contribution in [-0.2, 0) is 24.8 Å². The van der Waals surface area contributed by atoms with Crippen molar-refractivity contribution >= 4 is 43.0 Å². The molecular formula is C25H27N3O7S2. The van der Waals surface area contributed by atoms with Crippen molar-refractivity contribution in [3.8, 4) is 11.5 Å². The van der Waals surface area contributed by atoms with Crippen LogP contribution >= 0.6 is 0 Å². The molecule has 0 radical (unpaired) electrons. The van der Waals surface area contributed by atoms with Gasteiger partial charge in [-0.05, 0) is 73.5 Å². The fourth-order valence-electron chi connectivity index (χ4n) is 4.00. The van der Waals surface area contributed by atoms with Crippen LogP contribution < -0.4 is 23.8 Å². The van der Waals surface area contributed by atoms with Gasteiger partial charge in [0.2, 0.25) is 5.91 Å². The molecule has 3 aromatic carbocycles. The predicted octanol–water partition coefficient (Wildman–Crippen LogP) is 3.74. The summed E-state index contributed by atoms with van der Waals surface area (Å²) in [6.45, 7) is 2.36. The highest BCUT2D eigenvalue weighted by atomic mass is 32.2. The molecular weight excluding hydrogens is 518 g/mol. The van der Waals surface area contributed by atoms with Crippen molar-refractivity contribution in [2.45, 2.75) is 29.6 Å². The Labute approximate surface area is 216 Å². The van der Waals surface area contributed by atoms with Crippen molar-refractivity contribution < 1.29 is 31.1 Å². The Bertz CT molecular complexity index is 1540. The summed E-state index contributed by atoms with van der Waals surface area (Å²) >= 11 is 0. The minimum absolute atomic E-state index is 0.0202. The highest BCUT2D eigenvalue weighted by Gasteiger charge is 2.24. The van der Waals surface area contributed by atoms with Gasteiger partial charge in [0.1, 0.15) is 11.5 Å². The number of amides is 1. The predicted molar refractivity (Wildman–Crippen MR) is 140 cm³/mol. The second-order valence-corrected chi connectivity index (χ2v) is 11.8. The molecule has 10 nitrogen and oxygen atoms in total. The lowest BCUT2D eigenvalue weighted by atomic mass is 10.2. The maximum Gasteiger partial charge on any atom is 0.262 e. The van der Waals surface area contributed by atoms with E-state index in [0.717, 1.165) is 6.42 Å². The van der Waals surface area contributed by atoms with Gasteiger partial charge in [-0.2, -0.15) is 0 Å². The number of sulfonamides is 2. The minimum atomic E-state index is -3.98. The lowest BCUT2D eigenvalue weighted by Crippen LogP contribution is -2.24. The first-order valence-corrected chi connectivity index (χ1v) is 14.3. The summed E-state index contributed by atoms with van der Waals surface area (Å²) in [6, 6.07) is 14.6. The molecule has 37 heavy (non-hydrogen) atoms. The smallest absolute Gasteiger partial charge is 0.262 e. The lowest BCUT2D eigenvalue weighted by Gasteiger charge is -2.19. The van der Waals surface area contributed by atoms with E-state index in [0.29, 0.717) is 30.0 Å². The molecule has 0 atom stereocenters. The molecule has 1 saturated heterocycles. The van der Waals surface area contributed by atoms with Crippen LogP contribution in [-0.4, -0.2) is 43.5 Å². The Balaban J connectivity index is 1.50. The van der Waals surface area contributed by atoms with E-state index in [4.69, 9.17) is 9.47 Å². The standard InChI is InChI=1S/C25H27N3O7S2/c1-17-15-21(11-13-23(17)28-14-4-5-25(28)29)37(32,33)26-18-6-9-20(10-7-18)36(30,31)27-22-12-8-19(34-2)16-24(22)35-3/h6-13,15-16,26-27H,4-5,14H2,1-3H3. The fraction of sp³-hybridized carbons (Fsp3) is 0.240. The zero-order chi connectivity index (χ0) is 26.8. The first-order chi connectivity index (χ1) is 17.5. The normalized spacial score (nSPS) is 13.9. The number of aryl methyl sites for hydroxylation is 1. The quantitative estimate of drug-likeness (QED) is 0.419. The van der Waals surface area contributed by atoms with Gasteiger partial charge in [0, 0.05) is 30.4 Å². The average molecular weight is 546 g/mol. The molecule has 1 amide bonds. The molecule has 1 aliphatic heterocycles. The minimum Gasteiger partial charge on any atom is -0.497 e. The van der Waals surface area contributed by atoms with E-state index < -0.39 is 20.0 Å². The van der Waals surface area contributed by atoms with Crippen LogP contribution in [0.3, 0.4) is 0 Å². The molecule has 12 heteroatoms. The van der Waals surface area contributed by atoms with Gasteiger partial charge in [-0.15, -0.1) is 0 Å². The third kappa shape index (κ3) is 5.65. The molecule has 0 saturated carbocycles. The van der Waals surface area contributed by atoms with Crippen molar-refractivity contribution in [3.63, 3.8) is 0 Å². The summed E-state index contributed by atoms with van der Waals surface area (Å²) in [5, 5.41) is 0. The topological polar surface area (TPSA) is 131 Å². The number of hydrogen-bond donors (Lipinski definition) is 2. The Kier molecular flexibility index (Phi) is 7.32. The largest absolute Gasteiger partial charge is 0.497 e. The van der Waals surface area contributed by atoms with Gasteiger partial charge in [-0.25, -0.2) is 16.8 Å².